The molecule has 0 aromatic rings. The summed E-state index contributed by atoms with van der Waals surface area (Å²) in [6.07, 6.45) is 12.4. The predicted molar refractivity (Wildman–Crippen MR) is 57.3 cm³/mol. The monoisotopic (exact) mass is 166 g/mol. The normalized spacial score (nSPS) is 13.3. The standard InChI is InChI=1S/C12H22/c1-5-6-7-8-9-10-11-12(2,3)4/h7-10H,5-6,11H2,1-4H3. The Bertz CT molecular complexity index is 144. The largest absolute Gasteiger partial charge is 0.0846 e. The molecule has 0 unspecified atom stereocenters. The average molecular weight is 166 g/mol. The Morgan fingerprint density at radius 2 is 1.58 bits per heavy atom. The molecule has 0 saturated heterocycles. The molecule has 0 heteroatoms. The van der Waals surface area contributed by atoms with Crippen molar-refractivity contribution < 1.29 is 0 Å². The van der Waals surface area contributed by atoms with Crippen molar-refractivity contribution in [3.8, 4) is 0 Å². The van der Waals surface area contributed by atoms with Gasteiger partial charge in [0.1, 0.15) is 0 Å². The van der Waals surface area contributed by atoms with E-state index in [1.807, 2.05) is 0 Å². The first kappa shape index (κ1) is 11.5. The maximum absolute atomic E-state index is 2.26. The van der Waals surface area contributed by atoms with E-state index in [0.717, 1.165) is 6.42 Å². The Morgan fingerprint density at radius 3 is 2.08 bits per heavy atom. The number of hydrogen-bond donors (Lipinski definition) is 0. The average Bonchev–Trinajstić information content (AvgIpc) is 1.94. The molecule has 0 saturated carbocycles. The molecule has 0 heterocycles. The summed E-state index contributed by atoms with van der Waals surface area (Å²) in [5.41, 5.74) is 0.426. The lowest BCUT2D eigenvalue weighted by Crippen LogP contribution is -2.01. The van der Waals surface area contributed by atoms with Crippen LogP contribution in [-0.2, 0) is 0 Å². The van der Waals surface area contributed by atoms with Crippen molar-refractivity contribution in [3.63, 3.8) is 0 Å². The van der Waals surface area contributed by atoms with Gasteiger partial charge in [0, 0.05) is 0 Å². The van der Waals surface area contributed by atoms with Crippen molar-refractivity contribution in [2.24, 2.45) is 5.41 Å². The molecule has 0 amide bonds. The summed E-state index contributed by atoms with van der Waals surface area (Å²) in [6, 6.07) is 0. The van der Waals surface area contributed by atoms with E-state index in [1.54, 1.807) is 0 Å². The summed E-state index contributed by atoms with van der Waals surface area (Å²) in [5, 5.41) is 0. The van der Waals surface area contributed by atoms with E-state index >= 15 is 0 Å². The minimum absolute atomic E-state index is 0.426. The summed E-state index contributed by atoms with van der Waals surface area (Å²) >= 11 is 0. The first-order valence-electron chi connectivity index (χ1n) is 4.88. The molecule has 0 radical (unpaired) electrons. The second kappa shape index (κ2) is 6.05. The Balaban J connectivity index is 3.50. The van der Waals surface area contributed by atoms with E-state index in [-0.39, 0.29) is 0 Å². The molecule has 0 spiro atoms. The Morgan fingerprint density at radius 1 is 1.00 bits per heavy atom. The minimum atomic E-state index is 0.426. The first-order valence-corrected chi connectivity index (χ1v) is 4.88. The third kappa shape index (κ3) is 9.48. The fraction of sp³-hybridized carbons (Fsp3) is 0.667. The zero-order chi connectivity index (χ0) is 9.45. The minimum Gasteiger partial charge on any atom is -0.0846 e. The van der Waals surface area contributed by atoms with Gasteiger partial charge in [0.15, 0.2) is 0 Å². The fourth-order valence-corrected chi connectivity index (χ4v) is 0.842. The van der Waals surface area contributed by atoms with Gasteiger partial charge in [0.25, 0.3) is 0 Å². The van der Waals surface area contributed by atoms with Crippen LogP contribution in [-0.4, -0.2) is 0 Å². The van der Waals surface area contributed by atoms with Gasteiger partial charge in [-0.3, -0.25) is 0 Å². The number of allylic oxidation sites excluding steroid dienone is 4. The van der Waals surface area contributed by atoms with E-state index in [4.69, 9.17) is 0 Å². The van der Waals surface area contributed by atoms with Crippen LogP contribution in [0.2, 0.25) is 0 Å². The lowest BCUT2D eigenvalue weighted by Gasteiger charge is -2.13. The third-order valence-electron chi connectivity index (χ3n) is 1.57. The van der Waals surface area contributed by atoms with Crippen molar-refractivity contribution in [2.45, 2.75) is 47.0 Å². The summed E-state index contributed by atoms with van der Waals surface area (Å²) in [4.78, 5) is 0. The van der Waals surface area contributed by atoms with Crippen molar-refractivity contribution >= 4 is 0 Å². The van der Waals surface area contributed by atoms with Gasteiger partial charge in [0.05, 0.1) is 0 Å². The first-order chi connectivity index (χ1) is 5.56. The van der Waals surface area contributed by atoms with Gasteiger partial charge >= 0.3 is 0 Å². The molecule has 12 heavy (non-hydrogen) atoms. The lowest BCUT2D eigenvalue weighted by molar-refractivity contribution is 0.420. The van der Waals surface area contributed by atoms with E-state index in [9.17, 15) is 0 Å². The van der Waals surface area contributed by atoms with Gasteiger partial charge in [-0.15, -0.1) is 0 Å². The van der Waals surface area contributed by atoms with Crippen LogP contribution in [0.3, 0.4) is 0 Å². The van der Waals surface area contributed by atoms with Crippen molar-refractivity contribution in [1.82, 2.24) is 0 Å². The molecule has 0 N–H and O–H groups in total. The zero-order valence-electron chi connectivity index (χ0n) is 8.93. The van der Waals surface area contributed by atoms with E-state index < -0.39 is 0 Å². The van der Waals surface area contributed by atoms with Crippen LogP contribution in [0, 0.1) is 5.41 Å². The molecule has 0 aromatic carbocycles. The van der Waals surface area contributed by atoms with Crippen LogP contribution in [0.5, 0.6) is 0 Å². The molecule has 0 rings (SSSR count). The molecule has 0 nitrogen and oxygen atoms in total. The van der Waals surface area contributed by atoms with E-state index in [0.29, 0.717) is 5.41 Å². The van der Waals surface area contributed by atoms with Gasteiger partial charge < -0.3 is 0 Å². The molecular weight excluding hydrogens is 144 g/mol. The highest BCUT2D eigenvalue weighted by atomic mass is 14.1. The van der Waals surface area contributed by atoms with Crippen LogP contribution in [0.1, 0.15) is 47.0 Å². The van der Waals surface area contributed by atoms with Crippen LogP contribution >= 0.6 is 0 Å². The van der Waals surface area contributed by atoms with Crippen molar-refractivity contribution in [1.29, 1.82) is 0 Å². The molecule has 0 fully saturated rings. The Labute approximate surface area is 77.4 Å². The Kier molecular flexibility index (Phi) is 5.79. The second-order valence-corrected chi connectivity index (χ2v) is 4.41. The van der Waals surface area contributed by atoms with Crippen molar-refractivity contribution in [2.75, 3.05) is 0 Å². The fourth-order valence-electron chi connectivity index (χ4n) is 0.842. The maximum atomic E-state index is 2.26. The number of rotatable bonds is 4. The smallest absolute Gasteiger partial charge is 0.0299 e. The highest BCUT2D eigenvalue weighted by Crippen LogP contribution is 2.18. The number of hydrogen-bond acceptors (Lipinski definition) is 0. The molecule has 0 bridgehead atoms. The van der Waals surface area contributed by atoms with E-state index in [1.165, 1.54) is 12.8 Å². The number of unbranched alkanes of at least 4 members (excludes halogenated alkanes) is 1. The lowest BCUT2D eigenvalue weighted by atomic mass is 9.92. The van der Waals surface area contributed by atoms with Gasteiger partial charge in [-0.25, -0.2) is 0 Å². The third-order valence-corrected chi connectivity index (χ3v) is 1.57. The molecule has 0 aliphatic rings. The van der Waals surface area contributed by atoms with Gasteiger partial charge in [-0.1, -0.05) is 58.4 Å². The summed E-state index contributed by atoms with van der Waals surface area (Å²) in [7, 11) is 0. The zero-order valence-corrected chi connectivity index (χ0v) is 8.93. The van der Waals surface area contributed by atoms with Gasteiger partial charge in [-0.05, 0) is 18.3 Å². The van der Waals surface area contributed by atoms with Crippen LogP contribution in [0.25, 0.3) is 0 Å². The van der Waals surface area contributed by atoms with Crippen LogP contribution < -0.4 is 0 Å². The van der Waals surface area contributed by atoms with E-state index in [2.05, 4.69) is 52.0 Å². The molecule has 0 atom stereocenters. The summed E-state index contributed by atoms with van der Waals surface area (Å²) in [5.74, 6) is 0. The molecule has 70 valence electrons. The SMILES string of the molecule is CCCC=CC=CCC(C)(C)C. The van der Waals surface area contributed by atoms with Crippen LogP contribution in [0.4, 0.5) is 0 Å². The van der Waals surface area contributed by atoms with Gasteiger partial charge in [-0.2, -0.15) is 0 Å². The second-order valence-electron chi connectivity index (χ2n) is 4.41. The maximum Gasteiger partial charge on any atom is -0.0299 e. The summed E-state index contributed by atoms with van der Waals surface area (Å²) < 4.78 is 0. The summed E-state index contributed by atoms with van der Waals surface area (Å²) in [6.45, 7) is 8.97. The molecular formula is C12H22. The van der Waals surface area contributed by atoms with Gasteiger partial charge in [0.2, 0.25) is 0 Å². The van der Waals surface area contributed by atoms with Crippen molar-refractivity contribution in [3.05, 3.63) is 24.3 Å². The van der Waals surface area contributed by atoms with Crippen LogP contribution in [0.15, 0.2) is 24.3 Å². The molecule has 0 aromatic heterocycles. The highest BCUT2D eigenvalue weighted by Gasteiger charge is 2.05. The molecule has 0 aliphatic heterocycles. The topological polar surface area (TPSA) is 0 Å². The Hall–Kier alpha value is -0.520. The quantitative estimate of drug-likeness (QED) is 0.545. The predicted octanol–water partition coefficient (Wildman–Crippen LogP) is 4.34. The highest BCUT2D eigenvalue weighted by molar-refractivity contribution is 5.03. The molecule has 0 aliphatic carbocycles.